The maximum atomic E-state index is 11.4. The Morgan fingerprint density at radius 1 is 1.29 bits per heavy atom. The van der Waals surface area contributed by atoms with Gasteiger partial charge in [-0.15, -0.1) is 0 Å². The van der Waals surface area contributed by atoms with Crippen molar-refractivity contribution in [2.24, 2.45) is 5.92 Å². The van der Waals surface area contributed by atoms with Crippen LogP contribution in [0.4, 0.5) is 0 Å². The van der Waals surface area contributed by atoms with Crippen LogP contribution in [0.3, 0.4) is 0 Å². The molecule has 1 unspecified atom stereocenters. The van der Waals surface area contributed by atoms with Crippen molar-refractivity contribution < 1.29 is 18.0 Å². The first kappa shape index (κ1) is 14.0. The molecule has 0 aliphatic carbocycles. The van der Waals surface area contributed by atoms with E-state index in [2.05, 4.69) is 10.6 Å². The Morgan fingerprint density at radius 3 is 2.41 bits per heavy atom. The van der Waals surface area contributed by atoms with Crippen LogP contribution < -0.4 is 10.6 Å². The average molecular weight is 262 g/mol. The van der Waals surface area contributed by atoms with E-state index in [0.717, 1.165) is 0 Å². The van der Waals surface area contributed by atoms with Crippen LogP contribution in [0.15, 0.2) is 0 Å². The molecule has 2 N–H and O–H groups in total. The molecule has 1 heterocycles. The van der Waals surface area contributed by atoms with Gasteiger partial charge in [0.05, 0.1) is 11.5 Å². The van der Waals surface area contributed by atoms with Gasteiger partial charge in [-0.3, -0.25) is 9.59 Å². The van der Waals surface area contributed by atoms with Crippen LogP contribution >= 0.6 is 0 Å². The number of carbonyl (C=O) groups excluding carboxylic acids is 2. The van der Waals surface area contributed by atoms with Crippen molar-refractivity contribution in [3.05, 3.63) is 0 Å². The van der Waals surface area contributed by atoms with E-state index in [0.29, 0.717) is 13.0 Å². The van der Waals surface area contributed by atoms with E-state index < -0.39 is 27.7 Å². The van der Waals surface area contributed by atoms with E-state index in [9.17, 15) is 18.0 Å². The molecule has 0 aromatic heterocycles. The topological polar surface area (TPSA) is 92.3 Å². The molecule has 1 saturated heterocycles. The van der Waals surface area contributed by atoms with Crippen molar-refractivity contribution in [3.63, 3.8) is 0 Å². The standard InChI is InChI=1S/C10H18N2O4S/c1-7(2)5-11-9(13)10(14)12-8-3-4-17(15,16)6-8/h7-8H,3-6H2,1-2H3,(H,11,13)(H,12,14). The number of carbonyl (C=O) groups is 2. The van der Waals surface area contributed by atoms with Gasteiger partial charge >= 0.3 is 11.8 Å². The predicted molar refractivity (Wildman–Crippen MR) is 63.0 cm³/mol. The lowest BCUT2D eigenvalue weighted by atomic mass is 10.2. The molecule has 1 aliphatic heterocycles. The van der Waals surface area contributed by atoms with Crippen molar-refractivity contribution in [1.82, 2.24) is 10.6 Å². The van der Waals surface area contributed by atoms with Crippen molar-refractivity contribution in [1.29, 1.82) is 0 Å². The van der Waals surface area contributed by atoms with Crippen molar-refractivity contribution in [3.8, 4) is 0 Å². The quantitative estimate of drug-likeness (QED) is 0.642. The maximum Gasteiger partial charge on any atom is 0.309 e. The number of sulfone groups is 1. The van der Waals surface area contributed by atoms with Crippen LogP contribution in [0.1, 0.15) is 20.3 Å². The maximum absolute atomic E-state index is 11.4. The molecule has 0 bridgehead atoms. The molecule has 0 spiro atoms. The summed E-state index contributed by atoms with van der Waals surface area (Å²) >= 11 is 0. The van der Waals surface area contributed by atoms with Crippen LogP contribution in [0.5, 0.6) is 0 Å². The zero-order valence-electron chi connectivity index (χ0n) is 10.0. The Hall–Kier alpha value is -1.11. The van der Waals surface area contributed by atoms with E-state index in [4.69, 9.17) is 0 Å². The van der Waals surface area contributed by atoms with Crippen LogP contribution in [-0.2, 0) is 19.4 Å². The van der Waals surface area contributed by atoms with Gasteiger partial charge in [-0.25, -0.2) is 8.42 Å². The molecular formula is C10H18N2O4S. The fourth-order valence-corrected chi connectivity index (χ4v) is 3.21. The average Bonchev–Trinajstić information content (AvgIpc) is 2.54. The van der Waals surface area contributed by atoms with E-state index in [1.807, 2.05) is 13.8 Å². The fraction of sp³-hybridized carbons (Fsp3) is 0.800. The molecule has 0 aromatic rings. The minimum atomic E-state index is -3.04. The lowest BCUT2D eigenvalue weighted by molar-refractivity contribution is -0.139. The van der Waals surface area contributed by atoms with E-state index in [1.54, 1.807) is 0 Å². The molecule has 0 aromatic carbocycles. The van der Waals surface area contributed by atoms with Crippen molar-refractivity contribution in [2.75, 3.05) is 18.1 Å². The van der Waals surface area contributed by atoms with Gasteiger partial charge in [0, 0.05) is 12.6 Å². The normalized spacial score (nSPS) is 22.4. The number of nitrogens with one attached hydrogen (secondary N) is 2. The highest BCUT2D eigenvalue weighted by Crippen LogP contribution is 2.10. The molecule has 7 heteroatoms. The summed E-state index contributed by atoms with van der Waals surface area (Å²) < 4.78 is 22.3. The molecule has 17 heavy (non-hydrogen) atoms. The van der Waals surface area contributed by atoms with Crippen LogP contribution in [0, 0.1) is 5.92 Å². The first-order valence-corrected chi connectivity index (χ1v) is 7.41. The smallest absolute Gasteiger partial charge is 0.309 e. The highest BCUT2D eigenvalue weighted by molar-refractivity contribution is 7.91. The Morgan fingerprint density at radius 2 is 1.94 bits per heavy atom. The second-order valence-electron chi connectivity index (χ2n) is 4.68. The lowest BCUT2D eigenvalue weighted by Gasteiger charge is -2.11. The van der Waals surface area contributed by atoms with E-state index in [-0.39, 0.29) is 17.4 Å². The summed E-state index contributed by atoms with van der Waals surface area (Å²) in [6.07, 6.45) is 0.380. The number of amides is 2. The van der Waals surface area contributed by atoms with Crippen LogP contribution in [0.25, 0.3) is 0 Å². The van der Waals surface area contributed by atoms with Gasteiger partial charge in [-0.1, -0.05) is 13.8 Å². The molecule has 1 fully saturated rings. The summed E-state index contributed by atoms with van der Waals surface area (Å²) in [7, 11) is -3.04. The van der Waals surface area contributed by atoms with Gasteiger partial charge in [0.2, 0.25) is 0 Å². The molecular weight excluding hydrogens is 244 g/mol. The largest absolute Gasteiger partial charge is 0.348 e. The zero-order chi connectivity index (χ0) is 13.1. The van der Waals surface area contributed by atoms with Gasteiger partial charge in [0.25, 0.3) is 0 Å². The Balaban J connectivity index is 2.37. The summed E-state index contributed by atoms with van der Waals surface area (Å²) in [5.74, 6) is -1.20. The summed E-state index contributed by atoms with van der Waals surface area (Å²) in [4.78, 5) is 22.7. The van der Waals surface area contributed by atoms with Gasteiger partial charge in [-0.05, 0) is 12.3 Å². The zero-order valence-corrected chi connectivity index (χ0v) is 10.8. The van der Waals surface area contributed by atoms with E-state index >= 15 is 0 Å². The Bertz CT molecular complexity index is 403. The summed E-state index contributed by atoms with van der Waals surface area (Å²) in [5, 5.41) is 4.90. The number of hydrogen-bond donors (Lipinski definition) is 2. The molecule has 98 valence electrons. The first-order chi connectivity index (χ1) is 7.80. The van der Waals surface area contributed by atoms with Crippen LogP contribution in [-0.4, -0.2) is 44.3 Å². The Labute approximate surface area is 101 Å². The minimum absolute atomic E-state index is 0.0732. The molecule has 6 nitrogen and oxygen atoms in total. The summed E-state index contributed by atoms with van der Waals surface area (Å²) in [6.45, 7) is 4.26. The second kappa shape index (κ2) is 5.48. The minimum Gasteiger partial charge on any atom is -0.348 e. The predicted octanol–water partition coefficient (Wildman–Crippen LogP) is -0.938. The third-order valence-corrected chi connectivity index (χ3v) is 4.21. The highest BCUT2D eigenvalue weighted by atomic mass is 32.2. The first-order valence-electron chi connectivity index (χ1n) is 5.59. The molecule has 0 radical (unpaired) electrons. The van der Waals surface area contributed by atoms with Gasteiger partial charge in [-0.2, -0.15) is 0 Å². The SMILES string of the molecule is CC(C)CNC(=O)C(=O)NC1CCS(=O)(=O)C1. The lowest BCUT2D eigenvalue weighted by Crippen LogP contribution is -2.45. The summed E-state index contributed by atoms with van der Waals surface area (Å²) in [5.41, 5.74) is 0. The van der Waals surface area contributed by atoms with Gasteiger partial charge in [0.1, 0.15) is 0 Å². The van der Waals surface area contributed by atoms with Crippen LogP contribution in [0.2, 0.25) is 0 Å². The molecule has 0 saturated carbocycles. The molecule has 1 rings (SSSR count). The monoisotopic (exact) mass is 262 g/mol. The third kappa shape index (κ3) is 4.72. The summed E-state index contributed by atoms with van der Waals surface area (Å²) in [6, 6.07) is -0.433. The van der Waals surface area contributed by atoms with Crippen molar-refractivity contribution >= 4 is 21.7 Å². The second-order valence-corrected chi connectivity index (χ2v) is 6.91. The molecule has 2 amide bonds. The highest BCUT2D eigenvalue weighted by Gasteiger charge is 2.30. The van der Waals surface area contributed by atoms with Gasteiger partial charge < -0.3 is 10.6 Å². The van der Waals surface area contributed by atoms with Gasteiger partial charge in [0.15, 0.2) is 9.84 Å². The molecule has 1 aliphatic rings. The number of rotatable bonds is 3. The van der Waals surface area contributed by atoms with E-state index in [1.165, 1.54) is 0 Å². The third-order valence-electron chi connectivity index (χ3n) is 2.44. The number of hydrogen-bond acceptors (Lipinski definition) is 4. The van der Waals surface area contributed by atoms with Crippen molar-refractivity contribution in [2.45, 2.75) is 26.3 Å². The Kier molecular flexibility index (Phi) is 4.50. The molecule has 1 atom stereocenters. The fourth-order valence-electron chi connectivity index (χ4n) is 1.54.